The van der Waals surface area contributed by atoms with Crippen LogP contribution in [0, 0.1) is 0 Å². The van der Waals surface area contributed by atoms with Gasteiger partial charge in [0.2, 0.25) is 0 Å². The highest BCUT2D eigenvalue weighted by Crippen LogP contribution is 2.32. The second kappa shape index (κ2) is 7.80. The minimum absolute atomic E-state index is 0.375. The molecule has 0 bridgehead atoms. The van der Waals surface area contributed by atoms with Crippen LogP contribution in [0.15, 0.2) is 72.8 Å². The van der Waals surface area contributed by atoms with Crippen molar-refractivity contribution in [1.29, 1.82) is 0 Å². The molecule has 0 aliphatic heterocycles. The maximum Gasteiger partial charge on any atom is 0.416 e. The molecular formula is C24H22F3N. The molecule has 0 saturated heterocycles. The maximum absolute atomic E-state index is 12.7. The Kier molecular flexibility index (Phi) is 5.23. The third-order valence-electron chi connectivity index (χ3n) is 5.42. The van der Waals surface area contributed by atoms with Gasteiger partial charge >= 0.3 is 6.18 Å². The lowest BCUT2D eigenvalue weighted by Gasteiger charge is -2.26. The average Bonchev–Trinajstić information content (AvgIpc) is 2.72. The van der Waals surface area contributed by atoms with Crippen LogP contribution in [0.2, 0.25) is 0 Å². The summed E-state index contributed by atoms with van der Waals surface area (Å²) in [5.41, 5.74) is 5.08. The van der Waals surface area contributed by atoms with Gasteiger partial charge in [0.15, 0.2) is 0 Å². The predicted molar refractivity (Wildman–Crippen MR) is 106 cm³/mol. The van der Waals surface area contributed by atoms with E-state index in [2.05, 4.69) is 29.6 Å². The van der Waals surface area contributed by atoms with Crippen LogP contribution in [0.4, 0.5) is 13.2 Å². The molecule has 1 N–H and O–H groups in total. The van der Waals surface area contributed by atoms with Crippen molar-refractivity contribution in [3.63, 3.8) is 0 Å². The number of rotatable bonds is 4. The van der Waals surface area contributed by atoms with E-state index in [1.54, 1.807) is 0 Å². The highest BCUT2D eigenvalue weighted by molar-refractivity contribution is 5.64. The zero-order chi connectivity index (χ0) is 19.6. The number of aryl methyl sites for hydroxylation is 1. The topological polar surface area (TPSA) is 12.0 Å². The predicted octanol–water partition coefficient (Wildman–Crippen LogP) is 6.54. The molecule has 3 aromatic carbocycles. The van der Waals surface area contributed by atoms with Crippen LogP contribution in [0.3, 0.4) is 0 Å². The van der Waals surface area contributed by atoms with Gasteiger partial charge in [-0.2, -0.15) is 13.2 Å². The van der Waals surface area contributed by atoms with E-state index in [1.165, 1.54) is 35.2 Å². The van der Waals surface area contributed by atoms with Crippen molar-refractivity contribution in [2.75, 3.05) is 0 Å². The molecule has 28 heavy (non-hydrogen) atoms. The van der Waals surface area contributed by atoms with E-state index < -0.39 is 11.7 Å². The van der Waals surface area contributed by atoms with E-state index in [0.717, 1.165) is 42.6 Å². The van der Waals surface area contributed by atoms with Gasteiger partial charge in [0.25, 0.3) is 0 Å². The fraction of sp³-hybridized carbons (Fsp3) is 0.250. The van der Waals surface area contributed by atoms with E-state index in [9.17, 15) is 13.2 Å². The summed E-state index contributed by atoms with van der Waals surface area (Å²) >= 11 is 0. The van der Waals surface area contributed by atoms with Gasteiger partial charge in [-0.3, -0.25) is 0 Å². The van der Waals surface area contributed by atoms with Crippen LogP contribution in [0.1, 0.15) is 41.1 Å². The van der Waals surface area contributed by atoms with Crippen LogP contribution >= 0.6 is 0 Å². The van der Waals surface area contributed by atoms with E-state index >= 15 is 0 Å². The summed E-state index contributed by atoms with van der Waals surface area (Å²) in [6, 6.07) is 22.3. The Bertz CT molecular complexity index is 927. The molecule has 4 heteroatoms. The molecule has 1 nitrogen and oxygen atoms in total. The number of fused-ring (bicyclic) bond motifs is 1. The molecule has 0 unspecified atom stereocenters. The van der Waals surface area contributed by atoms with Crippen molar-refractivity contribution in [1.82, 2.24) is 5.32 Å². The summed E-state index contributed by atoms with van der Waals surface area (Å²) in [4.78, 5) is 0. The van der Waals surface area contributed by atoms with Crippen LogP contribution in [0.5, 0.6) is 0 Å². The Labute approximate surface area is 163 Å². The van der Waals surface area contributed by atoms with Gasteiger partial charge in [0.1, 0.15) is 0 Å². The zero-order valence-electron chi connectivity index (χ0n) is 15.5. The molecule has 0 spiro atoms. The van der Waals surface area contributed by atoms with E-state index in [1.807, 2.05) is 24.3 Å². The van der Waals surface area contributed by atoms with Gasteiger partial charge in [-0.25, -0.2) is 0 Å². The monoisotopic (exact) mass is 381 g/mol. The molecule has 0 aromatic heterocycles. The molecule has 0 fully saturated rings. The lowest BCUT2D eigenvalue weighted by molar-refractivity contribution is -0.137. The highest BCUT2D eigenvalue weighted by Gasteiger charge is 2.29. The second-order valence-electron chi connectivity index (χ2n) is 7.30. The van der Waals surface area contributed by atoms with Crippen LogP contribution < -0.4 is 5.32 Å². The maximum atomic E-state index is 12.7. The average molecular weight is 381 g/mol. The summed E-state index contributed by atoms with van der Waals surface area (Å²) in [6.45, 7) is 0.770. The summed E-state index contributed by atoms with van der Waals surface area (Å²) in [5.74, 6) is 0. The van der Waals surface area contributed by atoms with Gasteiger partial charge in [-0.05, 0) is 59.2 Å². The summed E-state index contributed by atoms with van der Waals surface area (Å²) in [7, 11) is 0. The third kappa shape index (κ3) is 4.12. The van der Waals surface area contributed by atoms with Crippen LogP contribution in [0.25, 0.3) is 11.1 Å². The molecule has 3 aromatic rings. The molecule has 4 rings (SSSR count). The van der Waals surface area contributed by atoms with Gasteiger partial charge in [-0.1, -0.05) is 60.7 Å². The Balaban J connectivity index is 1.42. The van der Waals surface area contributed by atoms with E-state index in [0.29, 0.717) is 6.04 Å². The van der Waals surface area contributed by atoms with Gasteiger partial charge in [-0.15, -0.1) is 0 Å². The van der Waals surface area contributed by atoms with Gasteiger partial charge < -0.3 is 5.32 Å². The molecule has 0 radical (unpaired) electrons. The first-order valence-corrected chi connectivity index (χ1v) is 9.58. The first kappa shape index (κ1) is 18.8. The summed E-state index contributed by atoms with van der Waals surface area (Å²) in [6.07, 6.45) is -0.815. The molecule has 0 amide bonds. The van der Waals surface area contributed by atoms with Crippen LogP contribution in [-0.4, -0.2) is 0 Å². The number of alkyl halides is 3. The SMILES string of the molecule is FC(F)(F)c1ccc(-c2ccc(CN[C@H]3CCCc4ccccc43)cc2)cc1. The second-order valence-corrected chi connectivity index (χ2v) is 7.30. The van der Waals surface area contributed by atoms with E-state index in [4.69, 9.17) is 0 Å². The standard InChI is InChI=1S/C24H22F3N/c25-24(26,27)21-14-12-19(13-15-21)18-10-8-17(9-11-18)16-28-23-7-3-5-20-4-1-2-6-22(20)23/h1-2,4,6,8-15,23,28H,3,5,7,16H2/t23-/m0/s1. The Morgan fingerprint density at radius 1 is 0.821 bits per heavy atom. The highest BCUT2D eigenvalue weighted by atomic mass is 19.4. The largest absolute Gasteiger partial charge is 0.416 e. The van der Waals surface area contributed by atoms with Gasteiger partial charge in [0.05, 0.1) is 5.56 Å². The molecule has 144 valence electrons. The van der Waals surface area contributed by atoms with Crippen molar-refractivity contribution in [2.24, 2.45) is 0 Å². The first-order valence-electron chi connectivity index (χ1n) is 9.58. The molecule has 0 saturated carbocycles. The number of halogens is 3. The van der Waals surface area contributed by atoms with Crippen molar-refractivity contribution >= 4 is 0 Å². The minimum atomic E-state index is -4.30. The smallest absolute Gasteiger partial charge is 0.306 e. The van der Waals surface area contributed by atoms with Crippen molar-refractivity contribution in [3.05, 3.63) is 95.1 Å². The zero-order valence-corrected chi connectivity index (χ0v) is 15.5. The third-order valence-corrected chi connectivity index (χ3v) is 5.42. The Morgan fingerprint density at radius 3 is 2.14 bits per heavy atom. The van der Waals surface area contributed by atoms with Crippen molar-refractivity contribution in [2.45, 2.75) is 38.0 Å². The fourth-order valence-electron chi connectivity index (χ4n) is 3.87. The lowest BCUT2D eigenvalue weighted by Crippen LogP contribution is -2.24. The van der Waals surface area contributed by atoms with E-state index in [-0.39, 0.29) is 0 Å². The number of hydrogen-bond acceptors (Lipinski definition) is 1. The molecular weight excluding hydrogens is 359 g/mol. The van der Waals surface area contributed by atoms with Gasteiger partial charge in [0, 0.05) is 12.6 Å². The molecule has 1 aliphatic rings. The number of benzene rings is 3. The molecule has 1 aliphatic carbocycles. The fourth-order valence-corrected chi connectivity index (χ4v) is 3.87. The van der Waals surface area contributed by atoms with Crippen LogP contribution in [-0.2, 0) is 19.1 Å². The normalized spacial score (nSPS) is 16.6. The summed E-state index contributed by atoms with van der Waals surface area (Å²) in [5, 5.41) is 3.65. The summed E-state index contributed by atoms with van der Waals surface area (Å²) < 4.78 is 38.1. The lowest BCUT2D eigenvalue weighted by atomic mass is 9.87. The first-order chi connectivity index (χ1) is 13.5. The number of hydrogen-bond donors (Lipinski definition) is 1. The van der Waals surface area contributed by atoms with Crippen molar-refractivity contribution in [3.8, 4) is 11.1 Å². The molecule has 1 atom stereocenters. The van der Waals surface area contributed by atoms with Crippen molar-refractivity contribution < 1.29 is 13.2 Å². The minimum Gasteiger partial charge on any atom is -0.306 e. The number of nitrogens with one attached hydrogen (secondary N) is 1. The Morgan fingerprint density at radius 2 is 1.46 bits per heavy atom. The molecule has 0 heterocycles. The quantitative estimate of drug-likeness (QED) is 0.541. The Hall–Kier alpha value is -2.59.